The summed E-state index contributed by atoms with van der Waals surface area (Å²) in [5.74, 6) is -0.0923. The molecule has 2 rings (SSSR count). The first-order valence-electron chi connectivity index (χ1n) is 8.67. The molecular weight excluding hydrogens is 395 g/mol. The molecule has 0 spiro atoms. The van der Waals surface area contributed by atoms with Crippen molar-refractivity contribution < 1.29 is 78.5 Å². The molecule has 2 aromatic rings. The third-order valence-corrected chi connectivity index (χ3v) is 4.14. The summed E-state index contributed by atoms with van der Waals surface area (Å²) in [6.45, 7) is -1.39. The Labute approximate surface area is 206 Å². The molecule has 2 aromatic carbocycles. The molecule has 28 heavy (non-hydrogen) atoms. The van der Waals surface area contributed by atoms with Crippen molar-refractivity contribution >= 4 is 12.4 Å². The van der Waals surface area contributed by atoms with E-state index >= 15 is 0 Å². The number of aryl methyl sites for hydroxylation is 1. The van der Waals surface area contributed by atoms with Crippen molar-refractivity contribution in [2.75, 3.05) is 14.2 Å². The fourth-order valence-electron chi connectivity index (χ4n) is 2.85. The molecule has 0 fully saturated rings. The van der Waals surface area contributed by atoms with Gasteiger partial charge in [0, 0.05) is 0 Å². The van der Waals surface area contributed by atoms with Crippen LogP contribution in [0.25, 0.3) is 0 Å². The molecule has 0 aliphatic heterocycles. The third kappa shape index (κ3) is 6.56. The molecule has 0 saturated carbocycles. The van der Waals surface area contributed by atoms with Crippen LogP contribution in [0.2, 0.25) is 0 Å². The van der Waals surface area contributed by atoms with Gasteiger partial charge in [0.25, 0.3) is 0 Å². The van der Waals surface area contributed by atoms with Gasteiger partial charge in [-0.1, -0.05) is 47.9 Å². The van der Waals surface area contributed by atoms with Crippen LogP contribution in [0.3, 0.4) is 0 Å². The van der Waals surface area contributed by atoms with Crippen LogP contribution in [0.1, 0.15) is 24.0 Å². The average Bonchev–Trinajstić information content (AvgIpc) is 2.66. The fraction of sp³-hybridized carbons (Fsp3) is 0.300. The van der Waals surface area contributed by atoms with E-state index in [0.29, 0.717) is 24.8 Å². The van der Waals surface area contributed by atoms with Crippen LogP contribution in [0.15, 0.2) is 49.1 Å². The fourth-order valence-corrected chi connectivity index (χ4v) is 2.85. The summed E-state index contributed by atoms with van der Waals surface area (Å²) in [7, 11) is 2.51. The van der Waals surface area contributed by atoms with Gasteiger partial charge in [-0.3, -0.25) is 0 Å². The van der Waals surface area contributed by atoms with Crippen LogP contribution in [-0.4, -0.2) is 21.2 Å². The molecule has 0 aromatic heterocycles. The quantitative estimate of drug-likeness (QED) is 0.335. The molecule has 3 nitrogen and oxygen atoms in total. The first-order chi connectivity index (χ1) is 12.9. The number of hydrogen-bond donors (Lipinski definition) is 0. The predicted molar refractivity (Wildman–Crippen MR) is 102 cm³/mol. The zero-order valence-electron chi connectivity index (χ0n) is 16.5. The van der Waals surface area contributed by atoms with Crippen molar-refractivity contribution in [1.82, 2.24) is 0 Å². The number of allylic oxidation sites excluding steroid dienone is 1. The number of hydrogen-bond acceptors (Lipinski definition) is 3. The number of methoxy groups -OCH3 is 2. The maximum absolute atomic E-state index is 13.6. The smallest absolute Gasteiger partial charge is 0.496 e. The summed E-state index contributed by atoms with van der Waals surface area (Å²) in [5, 5.41) is 0. The van der Waals surface area contributed by atoms with Crippen molar-refractivity contribution in [2.45, 2.75) is 25.9 Å². The van der Waals surface area contributed by atoms with E-state index in [2.05, 4.69) is 6.58 Å². The molecule has 146 valence electrons. The second-order valence-electron chi connectivity index (χ2n) is 6.05. The molecule has 0 heterocycles. The summed E-state index contributed by atoms with van der Waals surface area (Å²) in [6, 6.07) is 10.5. The minimum Gasteiger partial charge on any atom is -0.496 e. The first kappa shape index (κ1) is 25.1. The minimum atomic E-state index is -5.26. The van der Waals surface area contributed by atoms with Crippen LogP contribution < -0.4 is 71.1 Å². The van der Waals surface area contributed by atoms with Gasteiger partial charge in [0.15, 0.2) is 5.75 Å². The van der Waals surface area contributed by atoms with Gasteiger partial charge in [-0.25, -0.2) is 0 Å². The van der Waals surface area contributed by atoms with Crippen LogP contribution in [0.5, 0.6) is 17.2 Å². The number of ether oxygens (including phenoxy) is 3. The normalized spacial score (nSPS) is 10.8. The summed E-state index contributed by atoms with van der Waals surface area (Å²) in [6.07, 6.45) is 3.50. The summed E-state index contributed by atoms with van der Waals surface area (Å²) >= 11 is 0. The van der Waals surface area contributed by atoms with Gasteiger partial charge in [-0.05, 0) is 30.4 Å². The van der Waals surface area contributed by atoms with Crippen LogP contribution in [0, 0.1) is 0 Å². The average molecular weight is 418 g/mol. The molecule has 0 saturated heterocycles. The largest absolute Gasteiger partial charge is 1.00 e. The maximum atomic E-state index is 13.6. The Morgan fingerprint density at radius 2 is 1.64 bits per heavy atom. The van der Waals surface area contributed by atoms with E-state index in [0.717, 1.165) is 11.6 Å². The van der Waals surface area contributed by atoms with Crippen molar-refractivity contribution in [3.05, 3.63) is 60.2 Å². The molecule has 0 aliphatic carbocycles. The SMILES string of the molecule is C=CCCCc1cc([B-](F)(F)F)c(OC)c(OC)c1OCc1ccccc1.[K+]. The second kappa shape index (κ2) is 11.9. The summed E-state index contributed by atoms with van der Waals surface area (Å²) in [4.78, 5) is 0. The Balaban J connectivity index is 0.00000392. The molecule has 8 heteroatoms. The van der Waals surface area contributed by atoms with Gasteiger partial charge in [0.2, 0.25) is 5.75 Å². The maximum Gasteiger partial charge on any atom is 1.00 e. The van der Waals surface area contributed by atoms with Gasteiger partial charge < -0.3 is 27.2 Å². The topological polar surface area (TPSA) is 27.7 Å². The molecule has 0 aliphatic rings. The van der Waals surface area contributed by atoms with Gasteiger partial charge >= 0.3 is 58.4 Å². The third-order valence-electron chi connectivity index (χ3n) is 4.14. The van der Waals surface area contributed by atoms with Gasteiger partial charge in [0.05, 0.1) is 14.2 Å². The molecule has 0 radical (unpaired) electrons. The first-order valence-corrected chi connectivity index (χ1v) is 8.67. The van der Waals surface area contributed by atoms with Gasteiger partial charge in [-0.2, -0.15) is 0 Å². The summed E-state index contributed by atoms with van der Waals surface area (Å²) in [5.41, 5.74) is 0.536. The van der Waals surface area contributed by atoms with Crippen LogP contribution >= 0.6 is 0 Å². The van der Waals surface area contributed by atoms with Crippen molar-refractivity contribution in [2.24, 2.45) is 0 Å². The molecule has 0 bridgehead atoms. The molecule has 0 atom stereocenters. The standard InChI is InChI=1S/C20H23BF3O3.K/c1-4-5-7-12-16-13-17(21(22,23)24)19(25-2)20(26-3)18(16)27-14-15-10-8-6-9-11-15;/h4,6,8-11,13H,1,5,7,12,14H2,2-3H3;/q-1;+1. The number of halogens is 3. The second-order valence-corrected chi connectivity index (χ2v) is 6.05. The van der Waals surface area contributed by atoms with Crippen LogP contribution in [-0.2, 0) is 13.0 Å². The molecule has 0 unspecified atom stereocenters. The monoisotopic (exact) mass is 418 g/mol. The van der Waals surface area contributed by atoms with E-state index in [1.165, 1.54) is 14.2 Å². The Kier molecular flexibility index (Phi) is 10.7. The number of rotatable bonds is 10. The molecule has 0 amide bonds. The van der Waals surface area contributed by atoms with E-state index in [4.69, 9.17) is 14.2 Å². The Hall–Kier alpha value is -0.929. The van der Waals surface area contributed by atoms with Crippen molar-refractivity contribution in [1.29, 1.82) is 0 Å². The predicted octanol–water partition coefficient (Wildman–Crippen LogP) is 1.85. The summed E-state index contributed by atoms with van der Waals surface area (Å²) < 4.78 is 56.9. The minimum absolute atomic E-state index is 0. The van der Waals surface area contributed by atoms with Crippen molar-refractivity contribution in [3.63, 3.8) is 0 Å². The Morgan fingerprint density at radius 3 is 2.18 bits per heavy atom. The van der Waals surface area contributed by atoms with Gasteiger partial charge in [-0.15, -0.1) is 6.58 Å². The van der Waals surface area contributed by atoms with E-state index in [1.807, 2.05) is 30.3 Å². The Morgan fingerprint density at radius 1 is 1.00 bits per heavy atom. The zero-order chi connectivity index (χ0) is 19.9. The van der Waals surface area contributed by atoms with E-state index in [-0.39, 0.29) is 75.2 Å². The van der Waals surface area contributed by atoms with E-state index in [9.17, 15) is 12.9 Å². The van der Waals surface area contributed by atoms with Crippen LogP contribution in [0.4, 0.5) is 12.9 Å². The Bertz CT molecular complexity index is 768. The number of benzene rings is 2. The van der Waals surface area contributed by atoms with E-state index in [1.54, 1.807) is 6.08 Å². The van der Waals surface area contributed by atoms with Crippen molar-refractivity contribution in [3.8, 4) is 17.2 Å². The number of unbranched alkanes of at least 4 members (excludes halogenated alkanes) is 1. The molecule has 0 N–H and O–H groups in total. The van der Waals surface area contributed by atoms with E-state index < -0.39 is 12.4 Å². The molecular formula is C20H23BF3KO3. The van der Waals surface area contributed by atoms with Gasteiger partial charge in [0.1, 0.15) is 12.4 Å². The zero-order valence-corrected chi connectivity index (χ0v) is 19.6.